The van der Waals surface area contributed by atoms with Crippen molar-refractivity contribution in [2.45, 2.75) is 39.1 Å². The minimum absolute atomic E-state index is 0.428. The van der Waals surface area contributed by atoms with Crippen molar-refractivity contribution in [2.24, 2.45) is 5.92 Å². The molecular weight excluding hydrogens is 148 g/mol. The van der Waals surface area contributed by atoms with Crippen molar-refractivity contribution in [3.8, 4) is 0 Å². The molecule has 0 aliphatic carbocycles. The van der Waals surface area contributed by atoms with Crippen LogP contribution in [0.2, 0.25) is 0 Å². The summed E-state index contributed by atoms with van der Waals surface area (Å²) in [6.07, 6.45) is -2.13. The monoisotopic (exact) mass is 162 g/mol. The number of aliphatic hydroxyl groups excluding tert-OH is 2. The molecule has 66 valence electrons. The van der Waals surface area contributed by atoms with E-state index in [4.69, 9.17) is 19.7 Å². The van der Waals surface area contributed by atoms with E-state index in [0.717, 1.165) is 0 Å². The van der Waals surface area contributed by atoms with Crippen LogP contribution < -0.4 is 0 Å². The molecule has 2 unspecified atom stereocenters. The molecule has 0 aromatic heterocycles. The number of rotatable bonds is 2. The topological polar surface area (TPSA) is 58.9 Å². The van der Waals surface area contributed by atoms with Crippen LogP contribution in [0.15, 0.2) is 0 Å². The van der Waals surface area contributed by atoms with E-state index in [-0.39, 0.29) is 0 Å². The molecule has 11 heavy (non-hydrogen) atoms. The minimum Gasteiger partial charge on any atom is -0.364 e. The van der Waals surface area contributed by atoms with Gasteiger partial charge in [-0.1, -0.05) is 13.8 Å². The third-order valence-electron chi connectivity index (χ3n) is 1.49. The van der Waals surface area contributed by atoms with Crippen molar-refractivity contribution in [1.82, 2.24) is 0 Å². The van der Waals surface area contributed by atoms with E-state index < -0.39 is 18.9 Å². The lowest BCUT2D eigenvalue weighted by molar-refractivity contribution is -0.133. The van der Waals surface area contributed by atoms with Gasteiger partial charge in [0.1, 0.15) is 0 Å². The van der Waals surface area contributed by atoms with Crippen LogP contribution in [0, 0.1) is 5.92 Å². The molecule has 2 N–H and O–H groups in total. The second-order valence-corrected chi connectivity index (χ2v) is 3.11. The summed E-state index contributed by atoms with van der Waals surface area (Å²) in [6, 6.07) is 0. The van der Waals surface area contributed by atoms with E-state index in [0.29, 0.717) is 12.3 Å². The van der Waals surface area contributed by atoms with Gasteiger partial charge in [0, 0.05) is 6.42 Å². The fourth-order valence-electron chi connectivity index (χ4n) is 0.974. The molecule has 0 saturated carbocycles. The highest BCUT2D eigenvalue weighted by atomic mass is 16.8. The molecule has 4 heteroatoms. The van der Waals surface area contributed by atoms with Crippen LogP contribution in [0.3, 0.4) is 0 Å². The maximum absolute atomic E-state index is 8.88. The Hall–Kier alpha value is -0.160. The zero-order valence-electron chi connectivity index (χ0n) is 6.73. The SMILES string of the molecule is CC(C)CC1OC(O)C(O)O1. The van der Waals surface area contributed by atoms with E-state index in [1.165, 1.54) is 0 Å². The molecule has 0 aromatic rings. The van der Waals surface area contributed by atoms with Crippen molar-refractivity contribution in [2.75, 3.05) is 0 Å². The van der Waals surface area contributed by atoms with Crippen LogP contribution in [0.4, 0.5) is 0 Å². The fourth-order valence-corrected chi connectivity index (χ4v) is 0.974. The summed E-state index contributed by atoms with van der Waals surface area (Å²) < 4.78 is 9.74. The predicted octanol–water partition coefficient (Wildman–Crippen LogP) is 0.0422. The smallest absolute Gasteiger partial charge is 0.209 e. The molecule has 1 fully saturated rings. The lowest BCUT2D eigenvalue weighted by Crippen LogP contribution is -2.20. The Morgan fingerprint density at radius 2 is 1.64 bits per heavy atom. The Morgan fingerprint density at radius 3 is 2.00 bits per heavy atom. The molecule has 1 aliphatic rings. The fraction of sp³-hybridized carbons (Fsp3) is 1.00. The molecule has 0 aromatic carbocycles. The Balaban J connectivity index is 2.29. The number of aliphatic hydroxyl groups is 2. The molecule has 1 rings (SSSR count). The maximum atomic E-state index is 8.88. The summed E-state index contributed by atoms with van der Waals surface area (Å²) in [4.78, 5) is 0. The van der Waals surface area contributed by atoms with Gasteiger partial charge in [-0.2, -0.15) is 0 Å². The van der Waals surface area contributed by atoms with Crippen LogP contribution in [0.5, 0.6) is 0 Å². The molecule has 1 saturated heterocycles. The molecule has 2 atom stereocenters. The summed E-state index contributed by atoms with van der Waals surface area (Å²) in [5, 5.41) is 17.8. The largest absolute Gasteiger partial charge is 0.364 e. The lowest BCUT2D eigenvalue weighted by Gasteiger charge is -2.10. The summed E-state index contributed by atoms with van der Waals surface area (Å²) in [6.45, 7) is 4.04. The normalized spacial score (nSPS) is 38.5. The van der Waals surface area contributed by atoms with Gasteiger partial charge in [0.05, 0.1) is 0 Å². The Kier molecular flexibility index (Phi) is 2.84. The highest BCUT2D eigenvalue weighted by Gasteiger charge is 2.33. The first kappa shape index (κ1) is 8.93. The van der Waals surface area contributed by atoms with Crippen molar-refractivity contribution in [1.29, 1.82) is 0 Å². The van der Waals surface area contributed by atoms with E-state index in [2.05, 4.69) is 0 Å². The standard InChI is InChI=1S/C7H14O4/c1-4(2)3-5-10-6(8)7(9)11-5/h4-9H,3H2,1-2H3. The van der Waals surface area contributed by atoms with E-state index in [9.17, 15) is 0 Å². The third kappa shape index (κ3) is 2.41. The maximum Gasteiger partial charge on any atom is 0.209 e. The molecule has 0 radical (unpaired) electrons. The molecule has 1 aliphatic heterocycles. The molecule has 0 spiro atoms. The summed E-state index contributed by atoms with van der Waals surface area (Å²) in [5.41, 5.74) is 0. The summed E-state index contributed by atoms with van der Waals surface area (Å²) in [7, 11) is 0. The first-order chi connectivity index (χ1) is 5.09. The van der Waals surface area contributed by atoms with Gasteiger partial charge in [-0.25, -0.2) is 0 Å². The van der Waals surface area contributed by atoms with Crippen molar-refractivity contribution in [3.05, 3.63) is 0 Å². The van der Waals surface area contributed by atoms with E-state index in [1.807, 2.05) is 13.8 Å². The average Bonchev–Trinajstić information content (AvgIpc) is 2.10. The van der Waals surface area contributed by atoms with Crippen molar-refractivity contribution in [3.63, 3.8) is 0 Å². The number of hydrogen-bond donors (Lipinski definition) is 2. The van der Waals surface area contributed by atoms with Gasteiger partial charge in [-0.3, -0.25) is 0 Å². The predicted molar refractivity (Wildman–Crippen MR) is 37.4 cm³/mol. The zero-order valence-corrected chi connectivity index (χ0v) is 6.73. The van der Waals surface area contributed by atoms with Crippen molar-refractivity contribution >= 4 is 0 Å². The Labute approximate surface area is 65.7 Å². The lowest BCUT2D eigenvalue weighted by atomic mass is 10.1. The molecular formula is C7H14O4. The van der Waals surface area contributed by atoms with E-state index in [1.54, 1.807) is 0 Å². The average molecular weight is 162 g/mol. The van der Waals surface area contributed by atoms with Gasteiger partial charge in [0.2, 0.25) is 12.6 Å². The Morgan fingerprint density at radius 1 is 1.18 bits per heavy atom. The number of hydrogen-bond acceptors (Lipinski definition) is 4. The first-order valence-electron chi connectivity index (χ1n) is 3.76. The van der Waals surface area contributed by atoms with Crippen LogP contribution >= 0.6 is 0 Å². The summed E-state index contributed by atoms with van der Waals surface area (Å²) >= 11 is 0. The minimum atomic E-state index is -1.18. The van der Waals surface area contributed by atoms with Gasteiger partial charge in [0.25, 0.3) is 0 Å². The van der Waals surface area contributed by atoms with Crippen LogP contribution in [-0.4, -0.2) is 29.1 Å². The zero-order chi connectivity index (χ0) is 8.43. The second kappa shape index (κ2) is 3.49. The van der Waals surface area contributed by atoms with Crippen LogP contribution in [0.1, 0.15) is 20.3 Å². The van der Waals surface area contributed by atoms with Crippen LogP contribution in [0.25, 0.3) is 0 Å². The summed E-state index contributed by atoms with van der Waals surface area (Å²) in [5.74, 6) is 0.428. The van der Waals surface area contributed by atoms with Gasteiger partial charge < -0.3 is 19.7 Å². The quantitative estimate of drug-likeness (QED) is 0.602. The molecule has 1 heterocycles. The van der Waals surface area contributed by atoms with Crippen molar-refractivity contribution < 1.29 is 19.7 Å². The highest BCUT2D eigenvalue weighted by Crippen LogP contribution is 2.20. The Bertz CT molecular complexity index is 113. The van der Waals surface area contributed by atoms with E-state index >= 15 is 0 Å². The van der Waals surface area contributed by atoms with Gasteiger partial charge in [0.15, 0.2) is 6.29 Å². The van der Waals surface area contributed by atoms with Gasteiger partial charge >= 0.3 is 0 Å². The molecule has 0 bridgehead atoms. The van der Waals surface area contributed by atoms with Gasteiger partial charge in [-0.05, 0) is 5.92 Å². The van der Waals surface area contributed by atoms with Crippen LogP contribution in [-0.2, 0) is 9.47 Å². The third-order valence-corrected chi connectivity index (χ3v) is 1.49. The van der Waals surface area contributed by atoms with Gasteiger partial charge in [-0.15, -0.1) is 0 Å². The first-order valence-corrected chi connectivity index (χ1v) is 3.76. The highest BCUT2D eigenvalue weighted by molar-refractivity contribution is 4.60. The molecule has 0 amide bonds. The molecule has 4 nitrogen and oxygen atoms in total. The number of ether oxygens (including phenoxy) is 2. The second-order valence-electron chi connectivity index (χ2n) is 3.11.